The van der Waals surface area contributed by atoms with Gasteiger partial charge in [0.05, 0.1) is 0 Å². The SMILES string of the molecule is [C]1=C/C=C\C=C/CC\1. The van der Waals surface area contributed by atoms with Gasteiger partial charge in [-0.1, -0.05) is 30.4 Å². The highest BCUT2D eigenvalue weighted by molar-refractivity contribution is 5.11. The minimum absolute atomic E-state index is 1.06. The van der Waals surface area contributed by atoms with Crippen LogP contribution in [-0.2, 0) is 0 Å². The summed E-state index contributed by atoms with van der Waals surface area (Å²) in [5.74, 6) is 0. The zero-order valence-electron chi connectivity index (χ0n) is 4.80. The van der Waals surface area contributed by atoms with Crippen molar-refractivity contribution < 1.29 is 0 Å². The molecule has 0 unspecified atom stereocenters. The molecule has 0 bridgehead atoms. The van der Waals surface area contributed by atoms with Crippen LogP contribution in [0.3, 0.4) is 0 Å². The Hall–Kier alpha value is -0.780. The van der Waals surface area contributed by atoms with Gasteiger partial charge in [-0.2, -0.15) is 0 Å². The highest BCUT2D eigenvalue weighted by atomic mass is 13.8. The van der Waals surface area contributed by atoms with Crippen molar-refractivity contribution in [3.63, 3.8) is 0 Å². The Morgan fingerprint density at radius 1 is 1.12 bits per heavy atom. The molecule has 0 aromatic heterocycles. The Morgan fingerprint density at radius 3 is 3.12 bits per heavy atom. The quantitative estimate of drug-likeness (QED) is 0.443. The van der Waals surface area contributed by atoms with E-state index in [2.05, 4.69) is 18.2 Å². The fourth-order valence-corrected chi connectivity index (χ4v) is 0.613. The van der Waals surface area contributed by atoms with Crippen molar-refractivity contribution in [1.82, 2.24) is 0 Å². The van der Waals surface area contributed by atoms with Gasteiger partial charge in [0.15, 0.2) is 0 Å². The van der Waals surface area contributed by atoms with Gasteiger partial charge in [0.2, 0.25) is 0 Å². The van der Waals surface area contributed by atoms with Crippen molar-refractivity contribution in [3.05, 3.63) is 36.5 Å². The van der Waals surface area contributed by atoms with Gasteiger partial charge in [-0.05, 0) is 18.9 Å². The van der Waals surface area contributed by atoms with E-state index in [9.17, 15) is 0 Å². The molecule has 0 amide bonds. The van der Waals surface area contributed by atoms with Crippen LogP contribution in [0.1, 0.15) is 12.8 Å². The molecule has 0 fully saturated rings. The monoisotopic (exact) mass is 105 g/mol. The van der Waals surface area contributed by atoms with Crippen molar-refractivity contribution in [2.24, 2.45) is 0 Å². The molecule has 1 aliphatic carbocycles. The van der Waals surface area contributed by atoms with Gasteiger partial charge < -0.3 is 0 Å². The Balaban J connectivity index is 2.51. The third-order valence-corrected chi connectivity index (χ3v) is 1.03. The second-order valence-electron chi connectivity index (χ2n) is 1.72. The molecule has 0 aliphatic heterocycles. The molecule has 0 N–H and O–H groups in total. The second kappa shape index (κ2) is 3.25. The first-order valence-corrected chi connectivity index (χ1v) is 2.88. The van der Waals surface area contributed by atoms with E-state index < -0.39 is 0 Å². The van der Waals surface area contributed by atoms with Gasteiger partial charge in [-0.25, -0.2) is 0 Å². The highest BCUT2D eigenvalue weighted by Crippen LogP contribution is 1.95. The fraction of sp³-hybridized carbons (Fsp3) is 0.250. The maximum atomic E-state index is 3.12. The highest BCUT2D eigenvalue weighted by Gasteiger charge is 1.76. The van der Waals surface area contributed by atoms with Gasteiger partial charge in [-0.3, -0.25) is 0 Å². The van der Waals surface area contributed by atoms with E-state index in [-0.39, 0.29) is 0 Å². The van der Waals surface area contributed by atoms with Crippen LogP contribution in [0.15, 0.2) is 30.4 Å². The van der Waals surface area contributed by atoms with Crippen LogP contribution in [0.2, 0.25) is 0 Å². The molecule has 0 atom stereocenters. The van der Waals surface area contributed by atoms with E-state index in [1.807, 2.05) is 18.2 Å². The predicted molar refractivity (Wildman–Crippen MR) is 35.3 cm³/mol. The molecular weight excluding hydrogens is 96.1 g/mol. The Labute approximate surface area is 50.2 Å². The minimum atomic E-state index is 1.06. The minimum Gasteiger partial charge on any atom is -0.0842 e. The van der Waals surface area contributed by atoms with E-state index in [0.29, 0.717) is 0 Å². The Morgan fingerprint density at radius 2 is 2.12 bits per heavy atom. The molecule has 0 saturated carbocycles. The molecule has 1 rings (SSSR count). The largest absolute Gasteiger partial charge is 0.0842 e. The summed E-state index contributed by atoms with van der Waals surface area (Å²) in [6, 6.07) is 0. The zero-order valence-corrected chi connectivity index (χ0v) is 4.80. The van der Waals surface area contributed by atoms with Crippen LogP contribution in [0.25, 0.3) is 0 Å². The molecule has 0 aromatic rings. The first-order chi connectivity index (χ1) is 4.00. The standard InChI is InChI=1S/C8H9/c1-2-4-6-8-7-5-3-1/h1-5H,6,8H2/b3-1-,4-2-,7-5?. The number of rotatable bonds is 0. The summed E-state index contributed by atoms with van der Waals surface area (Å²) < 4.78 is 0. The van der Waals surface area contributed by atoms with E-state index >= 15 is 0 Å². The molecule has 0 spiro atoms. The number of allylic oxidation sites excluding steroid dienone is 6. The van der Waals surface area contributed by atoms with Gasteiger partial charge in [0, 0.05) is 0 Å². The summed E-state index contributed by atoms with van der Waals surface area (Å²) in [4.78, 5) is 0. The molecule has 0 heteroatoms. The molecular formula is C8H9. The molecule has 1 radical (unpaired) electrons. The van der Waals surface area contributed by atoms with E-state index in [1.165, 1.54) is 0 Å². The number of hydrogen-bond donors (Lipinski definition) is 0. The lowest BCUT2D eigenvalue weighted by atomic mass is 10.2. The van der Waals surface area contributed by atoms with Gasteiger partial charge in [0.1, 0.15) is 0 Å². The molecule has 8 heavy (non-hydrogen) atoms. The molecule has 0 heterocycles. The Kier molecular flexibility index (Phi) is 2.18. The number of hydrogen-bond acceptors (Lipinski definition) is 0. The lowest BCUT2D eigenvalue weighted by Crippen LogP contribution is -1.66. The summed E-state index contributed by atoms with van der Waals surface area (Å²) in [5, 5.41) is 0. The molecule has 41 valence electrons. The summed E-state index contributed by atoms with van der Waals surface area (Å²) in [6.45, 7) is 0. The maximum absolute atomic E-state index is 3.12. The van der Waals surface area contributed by atoms with Gasteiger partial charge in [0.25, 0.3) is 0 Å². The van der Waals surface area contributed by atoms with Crippen molar-refractivity contribution in [3.8, 4) is 0 Å². The average molecular weight is 105 g/mol. The summed E-state index contributed by atoms with van der Waals surface area (Å²) in [5.41, 5.74) is 0. The fourth-order valence-electron chi connectivity index (χ4n) is 0.613. The summed E-state index contributed by atoms with van der Waals surface area (Å²) in [6.07, 6.45) is 15.5. The van der Waals surface area contributed by atoms with Crippen molar-refractivity contribution in [1.29, 1.82) is 0 Å². The zero-order chi connectivity index (χ0) is 5.66. The van der Waals surface area contributed by atoms with Crippen LogP contribution >= 0.6 is 0 Å². The first kappa shape index (κ1) is 5.36. The van der Waals surface area contributed by atoms with Gasteiger partial charge >= 0.3 is 0 Å². The maximum Gasteiger partial charge on any atom is -0.0241 e. The van der Waals surface area contributed by atoms with Crippen LogP contribution in [0.4, 0.5) is 0 Å². The molecule has 0 aromatic carbocycles. The van der Waals surface area contributed by atoms with E-state index in [4.69, 9.17) is 0 Å². The third-order valence-electron chi connectivity index (χ3n) is 1.03. The van der Waals surface area contributed by atoms with Crippen molar-refractivity contribution in [2.75, 3.05) is 0 Å². The lowest BCUT2D eigenvalue weighted by Gasteiger charge is -1.85. The Bertz CT molecular complexity index is 111. The van der Waals surface area contributed by atoms with E-state index in [0.717, 1.165) is 12.8 Å². The first-order valence-electron chi connectivity index (χ1n) is 2.88. The smallest absolute Gasteiger partial charge is 0.0241 e. The van der Waals surface area contributed by atoms with Crippen molar-refractivity contribution in [2.45, 2.75) is 12.8 Å². The normalized spacial score (nSPS) is 30.0. The van der Waals surface area contributed by atoms with Crippen LogP contribution < -0.4 is 0 Å². The molecule has 0 nitrogen and oxygen atoms in total. The average Bonchev–Trinajstić information content (AvgIpc) is 1.62. The van der Waals surface area contributed by atoms with Crippen LogP contribution in [0.5, 0.6) is 0 Å². The summed E-state index contributed by atoms with van der Waals surface area (Å²) in [7, 11) is 0. The lowest BCUT2D eigenvalue weighted by molar-refractivity contribution is 1.02. The van der Waals surface area contributed by atoms with Crippen LogP contribution in [-0.4, -0.2) is 0 Å². The topological polar surface area (TPSA) is 0 Å². The predicted octanol–water partition coefficient (Wildman–Crippen LogP) is 2.25. The van der Waals surface area contributed by atoms with Crippen molar-refractivity contribution >= 4 is 0 Å². The van der Waals surface area contributed by atoms with E-state index in [1.54, 1.807) is 0 Å². The third kappa shape index (κ3) is 1.78. The van der Waals surface area contributed by atoms with Crippen LogP contribution in [0, 0.1) is 6.08 Å². The summed E-state index contributed by atoms with van der Waals surface area (Å²) >= 11 is 0. The molecule has 1 aliphatic rings. The second-order valence-corrected chi connectivity index (χ2v) is 1.72. The molecule has 0 saturated heterocycles. The van der Waals surface area contributed by atoms with Gasteiger partial charge in [-0.15, -0.1) is 0 Å².